The average molecular weight is 1370 g/mol. The molecule has 0 aromatic carbocycles. The van der Waals surface area contributed by atoms with Crippen LogP contribution in [0.5, 0.6) is 0 Å². The van der Waals surface area contributed by atoms with Gasteiger partial charge in [0.1, 0.15) is 0 Å². The molecule has 0 aliphatic heterocycles. The van der Waals surface area contributed by atoms with E-state index in [1.54, 1.807) is 0 Å². The van der Waals surface area contributed by atoms with Gasteiger partial charge in [-0.05, 0) is 0 Å². The molecule has 0 bridgehead atoms. The fourth-order valence-corrected chi connectivity index (χ4v) is 19.3. The van der Waals surface area contributed by atoms with Gasteiger partial charge >= 0.3 is 155 Å². The second-order valence-corrected chi connectivity index (χ2v) is 24.0. The van der Waals surface area contributed by atoms with Gasteiger partial charge in [-0.2, -0.15) is 171 Å². The summed E-state index contributed by atoms with van der Waals surface area (Å²) in [4.78, 5) is 0. The minimum Gasteiger partial charge on any atom is -0.395 e. The highest BCUT2D eigenvalue weighted by atomic mass is 28.5. The molecule has 2 nitrogen and oxygen atoms in total. The van der Waals surface area contributed by atoms with Gasteiger partial charge in [0.25, 0.3) is 0 Å². The van der Waals surface area contributed by atoms with E-state index in [0.29, 0.717) is 0 Å². The molecule has 0 aromatic rings. The Morgan fingerprint density at radius 1 is 0.152 bits per heavy atom. The second kappa shape index (κ2) is 18.5. The van der Waals surface area contributed by atoms with E-state index in [1.165, 1.54) is 0 Å². The van der Waals surface area contributed by atoms with Crippen molar-refractivity contribution in [3.8, 4) is 0 Å². The van der Waals surface area contributed by atoms with Crippen LogP contribution in [-0.4, -0.2) is 155 Å². The van der Waals surface area contributed by atoms with E-state index in [-0.39, 0.29) is 8.23 Å². The molecular weight excluding hydrogens is 1370 g/mol. The van der Waals surface area contributed by atoms with Crippen molar-refractivity contribution in [3.05, 3.63) is 0 Å². The van der Waals surface area contributed by atoms with Gasteiger partial charge in [-0.25, -0.2) is 56.8 Å². The third-order valence-electron chi connectivity index (χ3n) is 9.24. The second-order valence-electron chi connectivity index (χ2n) is 14.2. The lowest BCUT2D eigenvalue weighted by molar-refractivity contribution is -0.390. The van der Waals surface area contributed by atoms with Crippen molar-refractivity contribution >= 4 is 25.5 Å². The highest BCUT2D eigenvalue weighted by Gasteiger charge is 3.10. The first-order chi connectivity index (χ1) is 32.9. The summed E-state index contributed by atoms with van der Waals surface area (Å²) in [6.45, 7) is 0. The van der Waals surface area contributed by atoms with Gasteiger partial charge in [-0.15, -0.1) is 0 Å². The van der Waals surface area contributed by atoms with Crippen LogP contribution in [0.15, 0.2) is 0 Å². The van der Waals surface area contributed by atoms with Crippen LogP contribution in [0.3, 0.4) is 0 Å². The summed E-state index contributed by atoms with van der Waals surface area (Å²) in [6, 6.07) is 0. The molecule has 0 aliphatic rings. The SMILES string of the molecule is FC(F)(F)C(F)(F)C(F)(F)C(F)(F)[Si](F)(O[Si](C(F)(F)C(F)(F)C(F)(F)F)(C(F)(F)C(F)(F)C(F)(F)F)C(F)(F)C(F)(F)C(F)(F)F)O[Si](C(F)(F)C(F)(F)C(F)(F)F)(C(F)(F)C(F)(F)C(F)(F)F)C(F)(F)C(F)(F)C(F)(F)F. The Morgan fingerprint density at radius 2 is 0.266 bits per heavy atom. The third kappa shape index (κ3) is 9.31. The zero-order valence-corrected chi connectivity index (χ0v) is 36.0. The van der Waals surface area contributed by atoms with Crippen molar-refractivity contribution in [2.45, 2.75) is 129 Å². The lowest BCUT2D eigenvalue weighted by Crippen LogP contribution is -2.95. The van der Waals surface area contributed by atoms with E-state index in [2.05, 4.69) is 0 Å². The number of hydrogen-bond donors (Lipinski definition) is 0. The highest BCUT2D eigenvalue weighted by Crippen LogP contribution is 2.73. The normalized spacial score (nSPS) is 17.5. The molecule has 0 aromatic heterocycles. The summed E-state index contributed by atoms with van der Waals surface area (Å²) in [6.07, 6.45) is -70.7. The van der Waals surface area contributed by atoms with Crippen molar-refractivity contribution in [2.24, 2.45) is 0 Å². The number of alkyl halides is 51. The predicted molar refractivity (Wildman–Crippen MR) is 137 cm³/mol. The fraction of sp³-hybridized carbons (Fsp3) is 1.00. The number of halogens is 52. The van der Waals surface area contributed by atoms with Crippen LogP contribution in [0.25, 0.3) is 0 Å². The van der Waals surface area contributed by atoms with Crippen molar-refractivity contribution < 1.29 is 236 Å². The maximum absolute atomic E-state index is 16.9. The predicted octanol–water partition coefficient (Wildman–Crippen LogP) is 16.1. The monoisotopic (exact) mass is 1370 g/mol. The number of hydrogen-bond acceptors (Lipinski definition) is 2. The Balaban J connectivity index is 12.3. The third-order valence-corrected chi connectivity index (χ3v) is 22.0. The first-order valence-corrected chi connectivity index (χ1v) is 21.7. The first kappa shape index (κ1) is 75.9. The summed E-state index contributed by atoms with van der Waals surface area (Å²) in [5.41, 5.74) is -84.5. The van der Waals surface area contributed by atoms with Gasteiger partial charge in [-0.1, -0.05) is 0 Å². The van der Waals surface area contributed by atoms with Crippen LogP contribution in [0, 0.1) is 0 Å². The summed E-state index contributed by atoms with van der Waals surface area (Å²) in [7, 11) is -47.2. The largest absolute Gasteiger partial charge is 0.600 e. The molecular formula is C22F52O2Si3. The van der Waals surface area contributed by atoms with Crippen LogP contribution < -0.4 is 0 Å². The molecule has 0 unspecified atom stereocenters. The standard InChI is InChI=1S/C22F52O2Si3/c23-1(24,9(39,40)41)2(25,26)22(72,73)79(74,75-77(16(60,61)3(27,28)10(42,43)44,17(62,63)4(29,30)11(45,46)47)18(64,65)5(31,32)12(48,49)50)76-78(19(66,67)6(33,34)13(51,52)53,20(68,69)7(35,36)14(54,55)56)21(70,71)8(37,38)15(57,58)59. The topological polar surface area (TPSA) is 18.5 Å². The summed E-state index contributed by atoms with van der Waals surface area (Å²) < 4.78 is 743. The smallest absolute Gasteiger partial charge is 0.395 e. The Hall–Kier alpha value is -3.07. The van der Waals surface area contributed by atoms with Gasteiger partial charge in [0.05, 0.1) is 0 Å². The maximum atomic E-state index is 16.9. The first-order valence-electron chi connectivity index (χ1n) is 16.1. The zero-order valence-electron chi connectivity index (χ0n) is 33.0. The highest BCUT2D eigenvalue weighted by molar-refractivity contribution is 6.93. The van der Waals surface area contributed by atoms with Gasteiger partial charge < -0.3 is 8.23 Å². The molecule has 79 heavy (non-hydrogen) atoms. The molecule has 57 heteroatoms. The minimum atomic E-state index is -15.8. The minimum absolute atomic E-state index is 0.116. The van der Waals surface area contributed by atoms with Crippen LogP contribution in [-0.2, 0) is 8.23 Å². The molecule has 0 heterocycles. The molecule has 0 spiro atoms. The van der Waals surface area contributed by atoms with E-state index < -0.39 is 155 Å². The van der Waals surface area contributed by atoms with Crippen molar-refractivity contribution in [1.82, 2.24) is 0 Å². The van der Waals surface area contributed by atoms with Gasteiger partial charge in [0.2, 0.25) is 0 Å². The van der Waals surface area contributed by atoms with E-state index in [1.807, 2.05) is 0 Å². The maximum Gasteiger partial charge on any atom is 0.600 e. The van der Waals surface area contributed by atoms with E-state index in [9.17, 15) is 162 Å². The summed E-state index contributed by atoms with van der Waals surface area (Å²) in [5.74, 6) is -88.5. The molecule has 0 saturated heterocycles. The molecule has 0 saturated carbocycles. The lowest BCUT2D eigenvalue weighted by atomic mass is 10.1. The molecule has 0 aliphatic carbocycles. The zero-order chi connectivity index (χ0) is 65.9. The van der Waals surface area contributed by atoms with Gasteiger partial charge in [0, 0.05) is 0 Å². The Kier molecular flexibility index (Phi) is 17.7. The Labute approximate surface area is 392 Å². The fourth-order valence-electron chi connectivity index (χ4n) is 5.07. The van der Waals surface area contributed by atoms with Crippen molar-refractivity contribution in [1.29, 1.82) is 0 Å². The van der Waals surface area contributed by atoms with Gasteiger partial charge in [-0.3, -0.25) is 0 Å². The average Bonchev–Trinajstić information content (AvgIpc) is 3.14. The van der Waals surface area contributed by atoms with E-state index in [0.717, 1.165) is 0 Å². The van der Waals surface area contributed by atoms with Crippen LogP contribution in [0.1, 0.15) is 0 Å². The van der Waals surface area contributed by atoms with Crippen LogP contribution in [0.4, 0.5) is 228 Å². The number of rotatable bonds is 19. The molecule has 0 rings (SSSR count). The van der Waals surface area contributed by atoms with Crippen LogP contribution >= 0.6 is 0 Å². The quantitative estimate of drug-likeness (QED) is 0.0729. The molecule has 0 radical (unpaired) electrons. The molecule has 0 atom stereocenters. The van der Waals surface area contributed by atoms with E-state index >= 15 is 65.6 Å². The summed E-state index contributed by atoms with van der Waals surface area (Å²) >= 11 is 0. The Bertz CT molecular complexity index is 1860. The molecule has 476 valence electrons. The van der Waals surface area contributed by atoms with Crippen molar-refractivity contribution in [3.63, 3.8) is 0 Å². The molecule has 0 amide bonds. The lowest BCUT2D eigenvalue weighted by Gasteiger charge is -2.55. The summed E-state index contributed by atoms with van der Waals surface area (Å²) in [5, 5.41) is 0. The van der Waals surface area contributed by atoms with Gasteiger partial charge in [0.15, 0.2) is 0 Å². The Morgan fingerprint density at radius 3 is 0.367 bits per heavy atom. The molecule has 0 N–H and O–H groups in total. The van der Waals surface area contributed by atoms with Crippen LogP contribution in [0.2, 0.25) is 0 Å². The van der Waals surface area contributed by atoms with E-state index in [4.69, 9.17) is 0 Å². The van der Waals surface area contributed by atoms with Crippen molar-refractivity contribution in [2.75, 3.05) is 0 Å². The molecule has 0 fully saturated rings.